The molecule has 39 heavy (non-hydrogen) atoms. The van der Waals surface area contributed by atoms with E-state index >= 15 is 0 Å². The highest BCUT2D eigenvalue weighted by molar-refractivity contribution is 6.41. The number of nitrogens with zero attached hydrogens (tertiary/aromatic N) is 3. The number of aryl methyl sites for hydroxylation is 1. The Balaban J connectivity index is 1.70. The predicted octanol–water partition coefficient (Wildman–Crippen LogP) is 2.68. The second-order valence-corrected chi connectivity index (χ2v) is 10.1. The summed E-state index contributed by atoms with van der Waals surface area (Å²) in [7, 11) is 0. The molecule has 0 saturated carbocycles. The molecule has 1 aromatic carbocycles. The zero-order valence-electron chi connectivity index (χ0n) is 22.3. The van der Waals surface area contributed by atoms with Crippen molar-refractivity contribution >= 4 is 52.9 Å². The molecule has 3 N–H and O–H groups in total. The Morgan fingerprint density at radius 2 is 1.92 bits per heavy atom. The number of likely N-dealkylation sites (tertiary alicyclic amines) is 1. The van der Waals surface area contributed by atoms with Crippen molar-refractivity contribution in [3.63, 3.8) is 0 Å². The maximum Gasteiger partial charge on any atom is 0.303 e. The van der Waals surface area contributed by atoms with Gasteiger partial charge >= 0.3 is 5.97 Å². The number of hydrogen-bond donors (Lipinski definition) is 3. The number of carboxylic acid groups (broad SMARTS) is 1. The van der Waals surface area contributed by atoms with Crippen LogP contribution in [0.2, 0.25) is 0 Å². The molecule has 1 aromatic heterocycles. The lowest BCUT2D eigenvalue weighted by atomic mass is 10.1. The molecule has 0 spiro atoms. The third kappa shape index (κ3) is 7.92. The first kappa shape index (κ1) is 29.4. The molecular weight excluding hydrogens is 502 g/mol. The third-order valence-electron chi connectivity index (χ3n) is 6.66. The number of fused-ring (bicyclic) bond motifs is 1. The van der Waals surface area contributed by atoms with Crippen molar-refractivity contribution in [1.82, 2.24) is 15.2 Å². The van der Waals surface area contributed by atoms with Crippen LogP contribution in [0, 0.1) is 5.92 Å². The van der Waals surface area contributed by atoms with Gasteiger partial charge in [0.25, 0.3) is 11.8 Å². The van der Waals surface area contributed by atoms with Crippen LogP contribution in [0.25, 0.3) is 10.9 Å². The molecule has 0 aliphatic carbocycles. The number of para-hydroxylation sites is 1. The number of aliphatic carboxylic acids is 1. The quantitative estimate of drug-likeness (QED) is 0.353. The van der Waals surface area contributed by atoms with Crippen LogP contribution in [0.1, 0.15) is 57.9 Å². The number of carbonyl (C=O) groups is 5. The van der Waals surface area contributed by atoms with Gasteiger partial charge in [-0.25, -0.2) is 9.98 Å². The molecule has 1 aliphatic rings. The number of carbonyl (C=O) groups excluding carboxylic acids is 4. The first-order chi connectivity index (χ1) is 18.6. The number of nitrogens with one attached hydrogen (secondary N) is 2. The summed E-state index contributed by atoms with van der Waals surface area (Å²) in [5, 5.41) is 12.8. The average molecular weight is 538 g/mol. The van der Waals surface area contributed by atoms with Crippen LogP contribution in [0.5, 0.6) is 0 Å². The fraction of sp³-hybridized carbons (Fsp3) is 0.464. The number of aromatic nitrogens is 1. The van der Waals surface area contributed by atoms with E-state index in [1.54, 1.807) is 0 Å². The fourth-order valence-corrected chi connectivity index (χ4v) is 4.72. The van der Waals surface area contributed by atoms with Gasteiger partial charge in [-0.15, -0.1) is 0 Å². The predicted molar refractivity (Wildman–Crippen MR) is 147 cm³/mol. The minimum Gasteiger partial charge on any atom is -0.481 e. The van der Waals surface area contributed by atoms with Gasteiger partial charge in [0.2, 0.25) is 11.8 Å². The molecule has 11 nitrogen and oxygen atoms in total. The van der Waals surface area contributed by atoms with Crippen LogP contribution < -0.4 is 5.32 Å². The number of amides is 4. The molecular formula is C28H35N5O6. The number of aromatic amines is 1. The Morgan fingerprint density at radius 3 is 2.62 bits per heavy atom. The van der Waals surface area contributed by atoms with Gasteiger partial charge in [-0.3, -0.25) is 24.0 Å². The molecule has 2 atom stereocenters. The van der Waals surface area contributed by atoms with Crippen LogP contribution in [0.15, 0.2) is 40.4 Å². The molecule has 0 unspecified atom stereocenters. The van der Waals surface area contributed by atoms with Crippen molar-refractivity contribution in [2.45, 2.75) is 70.9 Å². The molecule has 208 valence electrons. The fourth-order valence-electron chi connectivity index (χ4n) is 4.72. The van der Waals surface area contributed by atoms with Crippen LogP contribution in [-0.4, -0.2) is 75.6 Å². The average Bonchev–Trinajstić information content (AvgIpc) is 3.56. The van der Waals surface area contributed by atoms with Crippen molar-refractivity contribution < 1.29 is 29.1 Å². The number of carboxylic acids is 1. The van der Waals surface area contributed by atoms with E-state index in [4.69, 9.17) is 5.11 Å². The molecule has 2 heterocycles. The Labute approximate surface area is 226 Å². The summed E-state index contributed by atoms with van der Waals surface area (Å²) in [6.07, 6.45) is 3.22. The number of aliphatic imine (C=N–C) groups is 2. The molecule has 0 radical (unpaired) electrons. The van der Waals surface area contributed by atoms with Crippen molar-refractivity contribution in [1.29, 1.82) is 0 Å². The zero-order chi connectivity index (χ0) is 28.5. The van der Waals surface area contributed by atoms with E-state index in [1.807, 2.05) is 44.3 Å². The lowest BCUT2D eigenvalue weighted by Crippen LogP contribution is -2.51. The SMILES string of the molecule is C=NC(=O)C(CC(C)C)=NC(=O)[C@@H](CCC(=O)O)NC(=O)[C@@H]1CCCN1C(=O)CCc1c[nH]c2ccccc12. The van der Waals surface area contributed by atoms with E-state index in [0.717, 1.165) is 16.5 Å². The van der Waals surface area contributed by atoms with Crippen molar-refractivity contribution in [2.24, 2.45) is 15.9 Å². The van der Waals surface area contributed by atoms with Gasteiger partial charge in [0.05, 0.1) is 0 Å². The van der Waals surface area contributed by atoms with Crippen LogP contribution in [0.3, 0.4) is 0 Å². The summed E-state index contributed by atoms with van der Waals surface area (Å²) >= 11 is 0. The van der Waals surface area contributed by atoms with E-state index in [2.05, 4.69) is 27.0 Å². The van der Waals surface area contributed by atoms with Gasteiger partial charge in [-0.05, 0) is 56.4 Å². The molecule has 2 aromatic rings. The molecule has 4 amide bonds. The van der Waals surface area contributed by atoms with Gasteiger partial charge < -0.3 is 20.3 Å². The highest BCUT2D eigenvalue weighted by atomic mass is 16.4. The Bertz CT molecular complexity index is 1280. The van der Waals surface area contributed by atoms with Crippen molar-refractivity contribution in [2.75, 3.05) is 6.54 Å². The van der Waals surface area contributed by atoms with Gasteiger partial charge in [0.15, 0.2) is 0 Å². The lowest BCUT2D eigenvalue weighted by Gasteiger charge is -2.26. The molecule has 11 heteroatoms. The highest BCUT2D eigenvalue weighted by Gasteiger charge is 2.36. The first-order valence-corrected chi connectivity index (χ1v) is 13.1. The summed E-state index contributed by atoms with van der Waals surface area (Å²) in [6.45, 7) is 7.28. The molecule has 1 fully saturated rings. The van der Waals surface area contributed by atoms with E-state index in [9.17, 15) is 24.0 Å². The van der Waals surface area contributed by atoms with Gasteiger partial charge in [0.1, 0.15) is 17.8 Å². The van der Waals surface area contributed by atoms with E-state index in [1.165, 1.54) is 4.90 Å². The van der Waals surface area contributed by atoms with E-state index in [-0.39, 0.29) is 36.8 Å². The molecule has 3 rings (SSSR count). The van der Waals surface area contributed by atoms with Gasteiger partial charge in [-0.2, -0.15) is 0 Å². The summed E-state index contributed by atoms with van der Waals surface area (Å²) in [6, 6.07) is 5.77. The van der Waals surface area contributed by atoms with Crippen LogP contribution in [0.4, 0.5) is 0 Å². The number of benzene rings is 1. The highest BCUT2D eigenvalue weighted by Crippen LogP contribution is 2.22. The molecule has 1 aliphatic heterocycles. The van der Waals surface area contributed by atoms with E-state index in [0.29, 0.717) is 25.8 Å². The maximum atomic E-state index is 13.2. The topological polar surface area (TPSA) is 161 Å². The summed E-state index contributed by atoms with van der Waals surface area (Å²) in [5.74, 6) is -3.46. The normalized spacial score (nSPS) is 16.3. The van der Waals surface area contributed by atoms with Crippen LogP contribution >= 0.6 is 0 Å². The Hall–Kier alpha value is -4.15. The Morgan fingerprint density at radius 1 is 1.18 bits per heavy atom. The second-order valence-electron chi connectivity index (χ2n) is 10.1. The van der Waals surface area contributed by atoms with Crippen molar-refractivity contribution in [3.05, 3.63) is 36.0 Å². The summed E-state index contributed by atoms with van der Waals surface area (Å²) in [4.78, 5) is 74.5. The smallest absolute Gasteiger partial charge is 0.303 e. The van der Waals surface area contributed by atoms with E-state index < -0.39 is 42.2 Å². The zero-order valence-corrected chi connectivity index (χ0v) is 22.3. The minimum absolute atomic E-state index is 0.00312. The monoisotopic (exact) mass is 537 g/mol. The Kier molecular flexibility index (Phi) is 10.2. The van der Waals surface area contributed by atoms with Gasteiger partial charge in [0, 0.05) is 36.5 Å². The second kappa shape index (κ2) is 13.6. The largest absolute Gasteiger partial charge is 0.481 e. The number of hydrogen-bond acceptors (Lipinski definition) is 5. The maximum absolute atomic E-state index is 13.2. The standard InChI is InChI=1S/C28H35N5O6/c1-17(2)15-22(26(37)29-3)32-27(38)21(11-13-25(35)36)31-28(39)23-9-6-14-33(23)24(34)12-10-18-16-30-20-8-5-4-7-19(18)20/h4-5,7-8,16-17,21,23,30H,3,6,9-15H2,1-2H3,(H,31,39)(H,35,36)/t21-,23+/m1/s1. The minimum atomic E-state index is -1.27. The number of H-pyrrole nitrogens is 1. The first-order valence-electron chi connectivity index (χ1n) is 13.1. The summed E-state index contributed by atoms with van der Waals surface area (Å²) in [5.41, 5.74) is 1.90. The number of rotatable bonds is 12. The molecule has 0 bridgehead atoms. The lowest BCUT2D eigenvalue weighted by molar-refractivity contribution is -0.139. The van der Waals surface area contributed by atoms with Crippen molar-refractivity contribution in [3.8, 4) is 0 Å². The van der Waals surface area contributed by atoms with Crippen LogP contribution in [-0.2, 0) is 30.4 Å². The molecule has 1 saturated heterocycles. The third-order valence-corrected chi connectivity index (χ3v) is 6.66. The van der Waals surface area contributed by atoms with Gasteiger partial charge in [-0.1, -0.05) is 32.0 Å². The summed E-state index contributed by atoms with van der Waals surface area (Å²) < 4.78 is 0.